The van der Waals surface area contributed by atoms with Crippen LogP contribution in [0.2, 0.25) is 0 Å². The van der Waals surface area contributed by atoms with E-state index in [0.717, 1.165) is 72.6 Å². The van der Waals surface area contributed by atoms with E-state index in [1.54, 1.807) is 9.13 Å². The van der Waals surface area contributed by atoms with E-state index in [1.807, 2.05) is 73.8 Å². The fourth-order valence-corrected chi connectivity index (χ4v) is 7.10. The molecule has 0 spiro atoms. The van der Waals surface area contributed by atoms with Crippen LogP contribution in [0, 0.1) is 0 Å². The van der Waals surface area contributed by atoms with E-state index in [2.05, 4.69) is 121 Å². The van der Waals surface area contributed by atoms with Crippen molar-refractivity contribution < 1.29 is 0 Å². The molecule has 0 amide bonds. The van der Waals surface area contributed by atoms with Gasteiger partial charge < -0.3 is 0 Å². The fraction of sp³-hybridized carbons (Fsp3) is 0.0208. The van der Waals surface area contributed by atoms with Crippen LogP contribution in [0.15, 0.2) is 193 Å². The molecular weight excluding hydrogens is 649 g/mol. The third kappa shape index (κ3) is 6.04. The molecule has 0 fully saturated rings. The summed E-state index contributed by atoms with van der Waals surface area (Å²) in [4.78, 5) is 23.5. The second kappa shape index (κ2) is 13.5. The van der Waals surface area contributed by atoms with Gasteiger partial charge in [-0.3, -0.25) is 9.13 Å². The normalized spacial score (nSPS) is 11.2. The van der Waals surface area contributed by atoms with E-state index < -0.39 is 0 Å². The lowest BCUT2D eigenvalue weighted by Crippen LogP contribution is -2.20. The second-order valence-corrected chi connectivity index (χ2v) is 13.1. The molecule has 0 aliphatic heterocycles. The molecule has 9 rings (SSSR count). The van der Waals surface area contributed by atoms with Crippen LogP contribution in [0.5, 0.6) is 0 Å². The fourth-order valence-electron chi connectivity index (χ4n) is 7.10. The Hall–Kier alpha value is -7.11. The van der Waals surface area contributed by atoms with Gasteiger partial charge in [0.1, 0.15) is 0 Å². The molecule has 5 heteroatoms. The molecule has 0 aliphatic carbocycles. The summed E-state index contributed by atoms with van der Waals surface area (Å²) in [6, 6.07) is 64.2. The minimum atomic E-state index is -0.0669. The number of fused-ring (bicyclic) bond motifs is 1. The van der Waals surface area contributed by atoms with Gasteiger partial charge in [0.05, 0.1) is 28.1 Å². The molecule has 0 saturated heterocycles. The lowest BCUT2D eigenvalue weighted by Gasteiger charge is -2.11. The van der Waals surface area contributed by atoms with Crippen LogP contribution in [-0.2, 0) is 7.05 Å². The first-order valence-electron chi connectivity index (χ1n) is 17.7. The highest BCUT2D eigenvalue weighted by Gasteiger charge is 2.17. The molecule has 0 atom stereocenters. The number of aromatic nitrogens is 4. The topological polar surface area (TPSA) is 52.7 Å². The smallest absolute Gasteiger partial charge is 0.294 e. The Morgan fingerprint density at radius 2 is 0.906 bits per heavy atom. The van der Waals surface area contributed by atoms with Crippen LogP contribution in [0.25, 0.3) is 84.0 Å². The standard InChI is InChI=1S/C48H34N4O/c1-51-46-42(21-12-22-45(46)52(48(51)53)41-19-9-4-10-20-41)36-27-23-34(24-28-36)35-25-29-37(30-26-35)43-32-44(50-47(49-43)38-15-7-3-8-16-38)40-18-11-17-39(31-40)33-13-5-2-6-14-33/h2-32H,1H3. The molecule has 0 N–H and O–H groups in total. The van der Waals surface area contributed by atoms with Crippen molar-refractivity contribution in [1.29, 1.82) is 0 Å². The Labute approximate surface area is 307 Å². The molecule has 0 saturated carbocycles. The first kappa shape index (κ1) is 31.8. The highest BCUT2D eigenvalue weighted by atomic mass is 16.1. The Morgan fingerprint density at radius 1 is 0.415 bits per heavy atom. The van der Waals surface area contributed by atoms with E-state index in [9.17, 15) is 4.79 Å². The van der Waals surface area contributed by atoms with Crippen molar-refractivity contribution in [3.8, 4) is 73.0 Å². The molecule has 9 aromatic rings. The van der Waals surface area contributed by atoms with Gasteiger partial charge in [-0.15, -0.1) is 0 Å². The lowest BCUT2D eigenvalue weighted by atomic mass is 9.98. The number of hydrogen-bond acceptors (Lipinski definition) is 3. The van der Waals surface area contributed by atoms with E-state index in [-0.39, 0.29) is 5.69 Å². The minimum Gasteiger partial charge on any atom is -0.294 e. The molecule has 2 heterocycles. The zero-order valence-electron chi connectivity index (χ0n) is 29.1. The zero-order chi connectivity index (χ0) is 35.7. The summed E-state index contributed by atoms with van der Waals surface area (Å²) in [6.45, 7) is 0. The van der Waals surface area contributed by atoms with Crippen molar-refractivity contribution in [2.24, 2.45) is 7.05 Å². The molecule has 0 radical (unpaired) electrons. The maximum atomic E-state index is 13.4. The van der Waals surface area contributed by atoms with Crippen molar-refractivity contribution in [2.75, 3.05) is 0 Å². The van der Waals surface area contributed by atoms with Crippen molar-refractivity contribution in [3.63, 3.8) is 0 Å². The summed E-state index contributed by atoms with van der Waals surface area (Å²) >= 11 is 0. The largest absolute Gasteiger partial charge is 0.333 e. The third-order valence-electron chi connectivity index (χ3n) is 9.82. The van der Waals surface area contributed by atoms with Crippen molar-refractivity contribution >= 4 is 11.0 Å². The van der Waals surface area contributed by atoms with Gasteiger partial charge in [-0.25, -0.2) is 14.8 Å². The molecule has 5 nitrogen and oxygen atoms in total. The van der Waals surface area contributed by atoms with Gasteiger partial charge in [-0.1, -0.05) is 158 Å². The molecule has 0 bridgehead atoms. The Morgan fingerprint density at radius 3 is 1.57 bits per heavy atom. The van der Waals surface area contributed by atoms with Crippen LogP contribution < -0.4 is 5.69 Å². The van der Waals surface area contributed by atoms with Gasteiger partial charge in [0.15, 0.2) is 5.82 Å². The summed E-state index contributed by atoms with van der Waals surface area (Å²) in [5.74, 6) is 0.689. The van der Waals surface area contributed by atoms with Gasteiger partial charge in [0.2, 0.25) is 0 Å². The van der Waals surface area contributed by atoms with Crippen LogP contribution >= 0.6 is 0 Å². The predicted octanol–water partition coefficient (Wildman–Crippen LogP) is 11.1. The predicted molar refractivity (Wildman–Crippen MR) is 217 cm³/mol. The number of hydrogen-bond donors (Lipinski definition) is 0. The van der Waals surface area contributed by atoms with Crippen LogP contribution in [-0.4, -0.2) is 19.1 Å². The number of rotatable bonds is 7. The average Bonchev–Trinajstić information content (AvgIpc) is 3.50. The van der Waals surface area contributed by atoms with Gasteiger partial charge >= 0.3 is 5.69 Å². The molecular formula is C48H34N4O. The second-order valence-electron chi connectivity index (χ2n) is 13.1. The average molecular weight is 683 g/mol. The third-order valence-corrected chi connectivity index (χ3v) is 9.82. The molecule has 252 valence electrons. The van der Waals surface area contributed by atoms with Gasteiger partial charge in [-0.2, -0.15) is 0 Å². The Balaban J connectivity index is 1.05. The highest BCUT2D eigenvalue weighted by Crippen LogP contribution is 2.33. The van der Waals surface area contributed by atoms with Crippen molar-refractivity contribution in [1.82, 2.24) is 19.1 Å². The summed E-state index contributed by atoms with van der Waals surface area (Å²) in [5.41, 5.74) is 13.9. The van der Waals surface area contributed by atoms with E-state index in [0.29, 0.717) is 5.82 Å². The number of benzene rings is 7. The molecule has 53 heavy (non-hydrogen) atoms. The molecule has 7 aromatic carbocycles. The van der Waals surface area contributed by atoms with E-state index in [4.69, 9.17) is 9.97 Å². The number of nitrogens with zero attached hydrogens (tertiary/aromatic N) is 4. The lowest BCUT2D eigenvalue weighted by molar-refractivity contribution is 0.847. The van der Waals surface area contributed by atoms with Crippen molar-refractivity contribution in [2.45, 2.75) is 0 Å². The Bertz CT molecular complexity index is 2770. The highest BCUT2D eigenvalue weighted by molar-refractivity contribution is 5.94. The molecule has 0 aliphatic rings. The minimum absolute atomic E-state index is 0.0669. The molecule has 0 unspecified atom stereocenters. The molecule has 2 aromatic heterocycles. The van der Waals surface area contributed by atoms with Gasteiger partial charge in [0, 0.05) is 29.3 Å². The number of imidazole rings is 1. The Kier molecular flexibility index (Phi) is 8.14. The summed E-state index contributed by atoms with van der Waals surface area (Å²) in [6.07, 6.45) is 0. The zero-order valence-corrected chi connectivity index (χ0v) is 29.1. The van der Waals surface area contributed by atoms with Crippen LogP contribution in [0.4, 0.5) is 0 Å². The number of para-hydroxylation sites is 2. The van der Waals surface area contributed by atoms with E-state index in [1.165, 1.54) is 5.56 Å². The SMILES string of the molecule is Cn1c(=O)n(-c2ccccc2)c2cccc(-c3ccc(-c4ccc(-c5cc(-c6cccc(-c7ccccc7)c6)nc(-c6ccccc6)n5)cc4)cc3)c21. The van der Waals surface area contributed by atoms with E-state index >= 15 is 0 Å². The maximum absolute atomic E-state index is 13.4. The van der Waals surface area contributed by atoms with Gasteiger partial charge in [-0.05, 0) is 58.1 Å². The monoisotopic (exact) mass is 682 g/mol. The van der Waals surface area contributed by atoms with Crippen LogP contribution in [0.1, 0.15) is 0 Å². The maximum Gasteiger partial charge on any atom is 0.333 e. The summed E-state index contributed by atoms with van der Waals surface area (Å²) < 4.78 is 3.52. The number of aryl methyl sites for hydroxylation is 1. The first-order chi connectivity index (χ1) is 26.1. The van der Waals surface area contributed by atoms with Crippen molar-refractivity contribution in [3.05, 3.63) is 199 Å². The quantitative estimate of drug-likeness (QED) is 0.168. The van der Waals surface area contributed by atoms with Gasteiger partial charge in [0.25, 0.3) is 0 Å². The summed E-state index contributed by atoms with van der Waals surface area (Å²) in [7, 11) is 1.84. The summed E-state index contributed by atoms with van der Waals surface area (Å²) in [5, 5.41) is 0. The van der Waals surface area contributed by atoms with Crippen LogP contribution in [0.3, 0.4) is 0 Å². The first-order valence-corrected chi connectivity index (χ1v) is 17.7.